The topological polar surface area (TPSA) is 119 Å². The van der Waals surface area contributed by atoms with E-state index < -0.39 is 28.0 Å². The van der Waals surface area contributed by atoms with Crippen LogP contribution in [0.25, 0.3) is 0 Å². The lowest BCUT2D eigenvalue weighted by molar-refractivity contribution is -0.133. The third-order valence-electron chi connectivity index (χ3n) is 5.61. The van der Waals surface area contributed by atoms with Gasteiger partial charge in [0.15, 0.2) is 0 Å². The predicted octanol–water partition coefficient (Wildman–Crippen LogP) is -0.767. The fourth-order valence-electron chi connectivity index (χ4n) is 3.77. The Morgan fingerprint density at radius 3 is 2.42 bits per heavy atom. The number of piperazine rings is 1. The number of piperidine rings is 1. The van der Waals surface area contributed by atoms with Crippen molar-refractivity contribution < 1.29 is 22.8 Å². The molecule has 2 aliphatic heterocycles. The SMILES string of the molecule is CN(C)c1ccc(C(=O)N2CCN(S(C)(=O)=O)CC2C(=O)NC2CCCNC2=O)cc1. The van der Waals surface area contributed by atoms with Gasteiger partial charge in [-0.15, -0.1) is 0 Å². The molecule has 170 valence electrons. The van der Waals surface area contributed by atoms with Gasteiger partial charge in [0.05, 0.1) is 6.26 Å². The molecule has 3 amide bonds. The second-order valence-corrected chi connectivity index (χ2v) is 10.1. The van der Waals surface area contributed by atoms with Gasteiger partial charge >= 0.3 is 0 Å². The number of hydrogen-bond acceptors (Lipinski definition) is 6. The van der Waals surface area contributed by atoms with Crippen molar-refractivity contribution in [3.05, 3.63) is 29.8 Å². The van der Waals surface area contributed by atoms with Crippen molar-refractivity contribution in [2.45, 2.75) is 24.9 Å². The zero-order valence-corrected chi connectivity index (χ0v) is 18.8. The van der Waals surface area contributed by atoms with Gasteiger partial charge in [0.1, 0.15) is 12.1 Å². The summed E-state index contributed by atoms with van der Waals surface area (Å²) >= 11 is 0. The standard InChI is InChI=1S/C20H29N5O5S/c1-23(2)15-8-6-14(7-9-15)20(28)25-12-11-24(31(3,29)30)13-17(25)19(27)22-16-5-4-10-21-18(16)26/h6-9,16-17H,4-5,10-13H2,1-3H3,(H,21,26)(H,22,27). The lowest BCUT2D eigenvalue weighted by Gasteiger charge is -2.40. The van der Waals surface area contributed by atoms with Gasteiger partial charge in [-0.1, -0.05) is 0 Å². The van der Waals surface area contributed by atoms with E-state index in [1.165, 1.54) is 9.21 Å². The van der Waals surface area contributed by atoms with E-state index in [0.717, 1.165) is 18.4 Å². The van der Waals surface area contributed by atoms with Crippen LogP contribution in [0.1, 0.15) is 23.2 Å². The highest BCUT2D eigenvalue weighted by molar-refractivity contribution is 7.88. The van der Waals surface area contributed by atoms with E-state index in [1.807, 2.05) is 19.0 Å². The summed E-state index contributed by atoms with van der Waals surface area (Å²) in [5.41, 5.74) is 1.34. The Hall–Kier alpha value is -2.66. The zero-order valence-electron chi connectivity index (χ0n) is 18.0. The molecule has 0 bridgehead atoms. The molecule has 3 rings (SSSR count). The summed E-state index contributed by atoms with van der Waals surface area (Å²) in [4.78, 5) is 41.6. The van der Waals surface area contributed by atoms with Crippen LogP contribution in [0.3, 0.4) is 0 Å². The second kappa shape index (κ2) is 9.23. The average Bonchev–Trinajstić information content (AvgIpc) is 2.73. The maximum atomic E-state index is 13.2. The van der Waals surface area contributed by atoms with E-state index in [1.54, 1.807) is 24.3 Å². The molecule has 31 heavy (non-hydrogen) atoms. The first-order chi connectivity index (χ1) is 14.6. The highest BCUT2D eigenvalue weighted by Gasteiger charge is 2.39. The normalized spacial score (nSPS) is 22.5. The number of carbonyl (C=O) groups is 3. The molecule has 0 spiro atoms. The Morgan fingerprint density at radius 2 is 1.84 bits per heavy atom. The number of rotatable bonds is 5. The number of amides is 3. The minimum absolute atomic E-state index is 0.0796. The maximum Gasteiger partial charge on any atom is 0.254 e. The lowest BCUT2D eigenvalue weighted by Crippen LogP contribution is -2.63. The van der Waals surface area contributed by atoms with Gasteiger partial charge in [0.2, 0.25) is 21.8 Å². The molecule has 2 heterocycles. The van der Waals surface area contributed by atoms with Crippen LogP contribution in [-0.2, 0) is 19.6 Å². The van der Waals surface area contributed by atoms with Crippen LogP contribution in [0.15, 0.2) is 24.3 Å². The van der Waals surface area contributed by atoms with Crippen LogP contribution in [-0.4, -0.2) is 94.0 Å². The average molecular weight is 452 g/mol. The number of carbonyl (C=O) groups excluding carboxylic acids is 3. The minimum Gasteiger partial charge on any atom is -0.378 e. The number of nitrogens with zero attached hydrogens (tertiary/aromatic N) is 3. The van der Waals surface area contributed by atoms with Gasteiger partial charge in [0.25, 0.3) is 5.91 Å². The second-order valence-electron chi connectivity index (χ2n) is 8.07. The first-order valence-corrected chi connectivity index (χ1v) is 12.0. The Bertz CT molecular complexity index is 947. The van der Waals surface area contributed by atoms with Gasteiger partial charge in [0, 0.05) is 51.5 Å². The monoisotopic (exact) mass is 451 g/mol. The molecule has 1 aromatic rings. The van der Waals surface area contributed by atoms with E-state index in [9.17, 15) is 22.8 Å². The quantitative estimate of drug-likeness (QED) is 0.607. The Kier molecular flexibility index (Phi) is 6.85. The Balaban J connectivity index is 1.83. The molecule has 2 N–H and O–H groups in total. The highest BCUT2D eigenvalue weighted by Crippen LogP contribution is 2.19. The number of hydrogen-bond donors (Lipinski definition) is 2. The molecule has 1 aromatic carbocycles. The van der Waals surface area contributed by atoms with Crippen molar-refractivity contribution in [3.8, 4) is 0 Å². The van der Waals surface area contributed by atoms with Crippen LogP contribution in [0.5, 0.6) is 0 Å². The van der Waals surface area contributed by atoms with Crippen LogP contribution < -0.4 is 15.5 Å². The van der Waals surface area contributed by atoms with Crippen LogP contribution in [0.4, 0.5) is 5.69 Å². The molecular formula is C20H29N5O5S. The zero-order chi connectivity index (χ0) is 22.8. The third kappa shape index (κ3) is 5.34. The van der Waals surface area contributed by atoms with Gasteiger partial charge in [-0.3, -0.25) is 14.4 Å². The summed E-state index contributed by atoms with van der Waals surface area (Å²) in [5.74, 6) is -1.16. The largest absolute Gasteiger partial charge is 0.378 e. The van der Waals surface area contributed by atoms with Gasteiger partial charge < -0.3 is 20.4 Å². The van der Waals surface area contributed by atoms with Crippen LogP contribution in [0.2, 0.25) is 0 Å². The lowest BCUT2D eigenvalue weighted by atomic mass is 10.0. The summed E-state index contributed by atoms with van der Waals surface area (Å²) in [6.07, 6.45) is 2.31. The van der Waals surface area contributed by atoms with Crippen molar-refractivity contribution in [2.75, 3.05) is 51.4 Å². The predicted molar refractivity (Wildman–Crippen MR) is 116 cm³/mol. The van der Waals surface area contributed by atoms with Gasteiger partial charge in [-0.2, -0.15) is 4.31 Å². The van der Waals surface area contributed by atoms with E-state index in [-0.39, 0.29) is 31.4 Å². The first kappa shape index (κ1) is 23.0. The summed E-state index contributed by atoms with van der Waals surface area (Å²) < 4.78 is 25.3. The van der Waals surface area contributed by atoms with E-state index in [4.69, 9.17) is 0 Å². The van der Waals surface area contributed by atoms with Crippen molar-refractivity contribution in [3.63, 3.8) is 0 Å². The summed E-state index contributed by atoms with van der Waals surface area (Å²) in [7, 11) is 0.249. The van der Waals surface area contributed by atoms with Crippen LogP contribution in [0, 0.1) is 0 Å². The van der Waals surface area contributed by atoms with Crippen LogP contribution >= 0.6 is 0 Å². The van der Waals surface area contributed by atoms with E-state index >= 15 is 0 Å². The molecule has 2 saturated heterocycles. The molecule has 0 aromatic heterocycles. The fraction of sp³-hybridized carbons (Fsp3) is 0.550. The molecule has 11 heteroatoms. The smallest absolute Gasteiger partial charge is 0.254 e. The van der Waals surface area contributed by atoms with Crippen molar-refractivity contribution in [2.24, 2.45) is 0 Å². The molecule has 2 aliphatic rings. The first-order valence-electron chi connectivity index (χ1n) is 10.2. The summed E-state index contributed by atoms with van der Waals surface area (Å²) in [6, 6.07) is 5.27. The molecule has 0 aliphatic carbocycles. The Labute approximate surface area is 182 Å². The summed E-state index contributed by atoms with van der Waals surface area (Å²) in [6.45, 7) is 0.592. The molecule has 2 unspecified atom stereocenters. The number of sulfonamides is 1. The van der Waals surface area contributed by atoms with Crippen molar-refractivity contribution in [1.29, 1.82) is 0 Å². The molecular weight excluding hydrogens is 422 g/mol. The van der Waals surface area contributed by atoms with E-state index in [0.29, 0.717) is 18.5 Å². The molecule has 2 atom stereocenters. The summed E-state index contributed by atoms with van der Waals surface area (Å²) in [5, 5.41) is 5.40. The molecule has 0 radical (unpaired) electrons. The third-order valence-corrected chi connectivity index (χ3v) is 6.88. The van der Waals surface area contributed by atoms with Gasteiger partial charge in [-0.25, -0.2) is 8.42 Å². The number of benzene rings is 1. The maximum absolute atomic E-state index is 13.2. The van der Waals surface area contributed by atoms with Gasteiger partial charge in [-0.05, 0) is 37.1 Å². The molecule has 10 nitrogen and oxygen atoms in total. The van der Waals surface area contributed by atoms with Crippen molar-refractivity contribution in [1.82, 2.24) is 19.8 Å². The Morgan fingerprint density at radius 1 is 1.16 bits per heavy atom. The molecule has 0 saturated carbocycles. The van der Waals surface area contributed by atoms with Crippen molar-refractivity contribution >= 4 is 33.4 Å². The number of anilines is 1. The fourth-order valence-corrected chi connectivity index (χ4v) is 4.60. The molecule has 2 fully saturated rings. The van der Waals surface area contributed by atoms with E-state index in [2.05, 4.69) is 10.6 Å². The number of nitrogens with one attached hydrogen (secondary N) is 2. The highest BCUT2D eigenvalue weighted by atomic mass is 32.2. The minimum atomic E-state index is -3.53.